The third-order valence-corrected chi connectivity index (χ3v) is 7.65. The highest BCUT2D eigenvalue weighted by Crippen LogP contribution is 2.45. The second-order valence-corrected chi connectivity index (χ2v) is 9.58. The van der Waals surface area contributed by atoms with Crippen LogP contribution in [-0.2, 0) is 4.74 Å². The zero-order valence-electron chi connectivity index (χ0n) is 13.9. The van der Waals surface area contributed by atoms with Crippen LogP contribution in [0.2, 0.25) is 0 Å². The van der Waals surface area contributed by atoms with Gasteiger partial charge in [0, 0.05) is 9.49 Å². The predicted molar refractivity (Wildman–Crippen MR) is 99.5 cm³/mol. The van der Waals surface area contributed by atoms with Gasteiger partial charge in [-0.15, -0.1) is 0 Å². The van der Waals surface area contributed by atoms with Crippen molar-refractivity contribution in [3.63, 3.8) is 0 Å². The number of hydrogen-bond donors (Lipinski definition) is 0. The molecule has 2 saturated carbocycles. The first-order chi connectivity index (χ1) is 11.6. The van der Waals surface area contributed by atoms with Crippen molar-refractivity contribution in [2.24, 2.45) is 11.8 Å². The molecule has 3 fully saturated rings. The average molecular weight is 446 g/mol. The SMILES string of the molecule is Fc1c(C2CCC(C3CCC(I)CC3)CC2)ccc(C2CO2)c1F. The van der Waals surface area contributed by atoms with Crippen LogP contribution >= 0.6 is 22.6 Å². The lowest BCUT2D eigenvalue weighted by atomic mass is 9.70. The molecule has 1 heterocycles. The van der Waals surface area contributed by atoms with Crippen LogP contribution in [0.4, 0.5) is 8.78 Å². The predicted octanol–water partition coefficient (Wildman–Crippen LogP) is 6.30. The summed E-state index contributed by atoms with van der Waals surface area (Å²) >= 11 is 2.58. The summed E-state index contributed by atoms with van der Waals surface area (Å²) in [5, 5.41) is 0. The van der Waals surface area contributed by atoms with Crippen molar-refractivity contribution < 1.29 is 13.5 Å². The smallest absolute Gasteiger partial charge is 0.165 e. The molecule has 0 N–H and O–H groups in total. The van der Waals surface area contributed by atoms with Crippen molar-refractivity contribution in [3.8, 4) is 0 Å². The van der Waals surface area contributed by atoms with Gasteiger partial charge in [0.15, 0.2) is 11.6 Å². The Kier molecular flexibility index (Phi) is 5.14. The summed E-state index contributed by atoms with van der Waals surface area (Å²) in [4.78, 5) is 0. The summed E-state index contributed by atoms with van der Waals surface area (Å²) in [6.45, 7) is 0.514. The molecule has 132 valence electrons. The molecule has 1 saturated heterocycles. The summed E-state index contributed by atoms with van der Waals surface area (Å²) in [6.07, 6.45) is 9.58. The van der Waals surface area contributed by atoms with E-state index in [1.54, 1.807) is 6.07 Å². The standard InChI is InChI=1S/C20H25F2IO/c21-19-16(9-10-17(20(19)22)18-11-24-18)14-3-1-12(2-4-14)13-5-7-15(23)8-6-13/h9-10,12-15,18H,1-8,11H2. The number of epoxide rings is 1. The molecule has 0 amide bonds. The molecule has 24 heavy (non-hydrogen) atoms. The Balaban J connectivity index is 1.40. The quantitative estimate of drug-likeness (QED) is 0.302. The lowest BCUT2D eigenvalue weighted by Gasteiger charge is -2.37. The number of benzene rings is 1. The first-order valence-corrected chi connectivity index (χ1v) is 10.6. The highest BCUT2D eigenvalue weighted by molar-refractivity contribution is 14.1. The van der Waals surface area contributed by atoms with Gasteiger partial charge in [0.2, 0.25) is 0 Å². The van der Waals surface area contributed by atoms with Crippen LogP contribution in [0.5, 0.6) is 0 Å². The van der Waals surface area contributed by atoms with Crippen molar-refractivity contribution in [2.45, 2.75) is 67.3 Å². The van der Waals surface area contributed by atoms with E-state index < -0.39 is 11.6 Å². The summed E-state index contributed by atoms with van der Waals surface area (Å²) in [5.41, 5.74) is 0.979. The first-order valence-electron chi connectivity index (χ1n) is 9.37. The van der Waals surface area contributed by atoms with Crippen LogP contribution in [0.15, 0.2) is 12.1 Å². The lowest BCUT2D eigenvalue weighted by molar-refractivity contribution is 0.188. The van der Waals surface area contributed by atoms with Crippen molar-refractivity contribution in [3.05, 3.63) is 34.9 Å². The molecule has 1 aliphatic heterocycles. The second-order valence-electron chi connectivity index (χ2n) is 7.82. The van der Waals surface area contributed by atoms with E-state index in [-0.39, 0.29) is 12.0 Å². The third-order valence-electron chi connectivity index (χ3n) is 6.40. The van der Waals surface area contributed by atoms with E-state index in [4.69, 9.17) is 4.74 Å². The molecule has 1 nitrogen and oxygen atoms in total. The van der Waals surface area contributed by atoms with Gasteiger partial charge < -0.3 is 4.74 Å². The Labute approximate surface area is 156 Å². The zero-order valence-corrected chi connectivity index (χ0v) is 16.1. The minimum atomic E-state index is -0.683. The Morgan fingerprint density at radius 1 is 0.792 bits per heavy atom. The minimum Gasteiger partial charge on any atom is -0.368 e. The van der Waals surface area contributed by atoms with Gasteiger partial charge in [0.1, 0.15) is 6.10 Å². The molecule has 0 bridgehead atoms. The van der Waals surface area contributed by atoms with Gasteiger partial charge in [-0.25, -0.2) is 8.78 Å². The molecule has 0 spiro atoms. The van der Waals surface area contributed by atoms with E-state index >= 15 is 0 Å². The number of hydrogen-bond acceptors (Lipinski definition) is 1. The van der Waals surface area contributed by atoms with Crippen LogP contribution < -0.4 is 0 Å². The van der Waals surface area contributed by atoms with E-state index in [1.165, 1.54) is 38.5 Å². The Morgan fingerprint density at radius 2 is 1.29 bits per heavy atom. The lowest BCUT2D eigenvalue weighted by Crippen LogP contribution is -2.25. The van der Waals surface area contributed by atoms with Crippen LogP contribution in [0.3, 0.4) is 0 Å². The molecule has 2 aliphatic carbocycles. The van der Waals surface area contributed by atoms with E-state index in [2.05, 4.69) is 22.6 Å². The molecule has 0 radical (unpaired) electrons. The van der Waals surface area contributed by atoms with Crippen LogP contribution in [0.1, 0.15) is 74.5 Å². The topological polar surface area (TPSA) is 12.5 Å². The van der Waals surface area contributed by atoms with Crippen molar-refractivity contribution in [1.29, 1.82) is 0 Å². The number of halogens is 3. The molecule has 0 aromatic heterocycles. The molecule has 1 aromatic carbocycles. The normalized spacial score (nSPS) is 36.5. The summed E-state index contributed by atoms with van der Waals surface area (Å²) in [7, 11) is 0. The minimum absolute atomic E-state index is 0.186. The van der Waals surface area contributed by atoms with E-state index in [9.17, 15) is 8.78 Å². The number of rotatable bonds is 3. The van der Waals surface area contributed by atoms with Crippen molar-refractivity contribution in [2.75, 3.05) is 6.61 Å². The largest absolute Gasteiger partial charge is 0.368 e. The highest BCUT2D eigenvalue weighted by Gasteiger charge is 2.34. The van der Waals surface area contributed by atoms with Gasteiger partial charge in [-0.3, -0.25) is 0 Å². The maximum Gasteiger partial charge on any atom is 0.165 e. The average Bonchev–Trinajstić information content (AvgIpc) is 3.43. The van der Waals surface area contributed by atoms with Crippen LogP contribution in [0.25, 0.3) is 0 Å². The summed E-state index contributed by atoms with van der Waals surface area (Å²) in [5.74, 6) is 0.547. The molecule has 1 atom stereocenters. The first kappa shape index (κ1) is 17.2. The second kappa shape index (κ2) is 7.18. The molecule has 3 aliphatic rings. The summed E-state index contributed by atoms with van der Waals surface area (Å²) < 4.78 is 34.7. The zero-order chi connectivity index (χ0) is 16.7. The fourth-order valence-electron chi connectivity index (χ4n) is 4.82. The molecular formula is C20H25F2IO. The molecule has 4 heteroatoms. The summed E-state index contributed by atoms with van der Waals surface area (Å²) in [6, 6.07) is 3.54. The monoisotopic (exact) mass is 446 g/mol. The van der Waals surface area contributed by atoms with Crippen molar-refractivity contribution in [1.82, 2.24) is 0 Å². The third kappa shape index (κ3) is 3.50. The van der Waals surface area contributed by atoms with Crippen molar-refractivity contribution >= 4 is 22.6 Å². The fourth-order valence-corrected chi connectivity index (χ4v) is 5.54. The maximum atomic E-state index is 14.5. The van der Waals surface area contributed by atoms with E-state index in [0.717, 1.165) is 28.6 Å². The Hall–Kier alpha value is -0.230. The van der Waals surface area contributed by atoms with Gasteiger partial charge in [0.05, 0.1) is 6.61 Å². The van der Waals surface area contributed by atoms with E-state index in [1.807, 2.05) is 6.07 Å². The van der Waals surface area contributed by atoms with E-state index in [0.29, 0.717) is 17.7 Å². The van der Waals surface area contributed by atoms with Gasteiger partial charge in [-0.2, -0.15) is 0 Å². The maximum absolute atomic E-state index is 14.5. The Bertz CT molecular complexity index is 586. The van der Waals surface area contributed by atoms with Gasteiger partial charge in [0.25, 0.3) is 0 Å². The molecule has 4 rings (SSSR count). The highest BCUT2D eigenvalue weighted by atomic mass is 127. The van der Waals surface area contributed by atoms with Crippen LogP contribution in [-0.4, -0.2) is 10.5 Å². The van der Waals surface area contributed by atoms with Gasteiger partial charge in [-0.05, 0) is 74.7 Å². The molecule has 1 aromatic rings. The molecular weight excluding hydrogens is 421 g/mol. The van der Waals surface area contributed by atoms with Gasteiger partial charge >= 0.3 is 0 Å². The number of alkyl halides is 1. The van der Waals surface area contributed by atoms with Crippen LogP contribution in [0, 0.1) is 23.5 Å². The molecule has 1 unspecified atom stereocenters. The fraction of sp³-hybridized carbons (Fsp3) is 0.700. The number of ether oxygens (including phenoxy) is 1. The Morgan fingerprint density at radius 3 is 1.88 bits per heavy atom. The van der Waals surface area contributed by atoms with Gasteiger partial charge in [-0.1, -0.05) is 34.7 Å².